The van der Waals surface area contributed by atoms with Gasteiger partial charge in [-0.3, -0.25) is 0 Å². The third-order valence-electron chi connectivity index (χ3n) is 3.52. The van der Waals surface area contributed by atoms with Gasteiger partial charge in [-0.05, 0) is 37.3 Å². The van der Waals surface area contributed by atoms with Gasteiger partial charge in [0.05, 0.1) is 10.6 Å². The molecule has 0 aliphatic rings. The van der Waals surface area contributed by atoms with Crippen molar-refractivity contribution in [2.24, 2.45) is 0 Å². The van der Waals surface area contributed by atoms with Crippen molar-refractivity contribution in [3.63, 3.8) is 0 Å². The largest absolute Gasteiger partial charge is 0.501 e. The lowest BCUT2D eigenvalue weighted by atomic mass is 10.3. The van der Waals surface area contributed by atoms with E-state index in [1.54, 1.807) is 0 Å². The van der Waals surface area contributed by atoms with E-state index in [4.69, 9.17) is 8.60 Å². The monoisotopic (exact) mass is 436 g/mol. The molecular weight excluding hydrogens is 425 g/mol. The smallest absolute Gasteiger partial charge is 0.435 e. The molecule has 0 saturated carbocycles. The molecule has 150 valence electrons. The van der Waals surface area contributed by atoms with Crippen LogP contribution in [0.15, 0.2) is 45.8 Å². The number of rotatable bonds is 5. The van der Waals surface area contributed by atoms with Crippen molar-refractivity contribution in [1.82, 2.24) is 9.97 Å². The lowest BCUT2D eigenvalue weighted by Gasteiger charge is -2.07. The van der Waals surface area contributed by atoms with Crippen molar-refractivity contribution in [2.75, 3.05) is 5.75 Å². The first-order valence-electron chi connectivity index (χ1n) is 7.54. The molecule has 0 unspecified atom stereocenters. The zero-order chi connectivity index (χ0) is 20.7. The minimum atomic E-state index is -5.56. The van der Waals surface area contributed by atoms with Gasteiger partial charge in [0.1, 0.15) is 5.52 Å². The van der Waals surface area contributed by atoms with E-state index < -0.39 is 30.4 Å². The summed E-state index contributed by atoms with van der Waals surface area (Å²) in [7, 11) is -9.45. The van der Waals surface area contributed by atoms with E-state index in [1.807, 2.05) is 0 Å². The van der Waals surface area contributed by atoms with Gasteiger partial charge in [0.2, 0.25) is 5.89 Å². The summed E-state index contributed by atoms with van der Waals surface area (Å²) in [6, 6.07) is 5.15. The van der Waals surface area contributed by atoms with Crippen LogP contribution in [0.3, 0.4) is 0 Å². The van der Waals surface area contributed by atoms with Crippen molar-refractivity contribution in [3.8, 4) is 17.3 Å². The molecule has 3 rings (SSSR count). The number of alkyl halides is 3. The number of nitrogens with zero attached hydrogens (tertiary/aromatic N) is 2. The fraction of sp³-hybridized carbons (Fsp3) is 0.200. The van der Waals surface area contributed by atoms with Gasteiger partial charge >= 0.3 is 15.6 Å². The van der Waals surface area contributed by atoms with Crippen LogP contribution in [0.1, 0.15) is 6.92 Å². The van der Waals surface area contributed by atoms with Gasteiger partial charge in [-0.1, -0.05) is 0 Å². The van der Waals surface area contributed by atoms with E-state index in [0.717, 1.165) is 12.1 Å². The maximum absolute atomic E-state index is 12.7. The van der Waals surface area contributed by atoms with Crippen molar-refractivity contribution in [1.29, 1.82) is 0 Å². The number of hydrogen-bond donors (Lipinski definition) is 0. The van der Waals surface area contributed by atoms with Gasteiger partial charge in [-0.2, -0.15) is 21.6 Å². The first kappa shape index (κ1) is 20.1. The molecule has 1 aromatic carbocycles. The lowest BCUT2D eigenvalue weighted by Crippen LogP contribution is -2.23. The second-order valence-corrected chi connectivity index (χ2v) is 9.18. The molecule has 0 atom stereocenters. The van der Waals surface area contributed by atoms with Crippen LogP contribution in [0.25, 0.3) is 22.7 Å². The van der Waals surface area contributed by atoms with Crippen LogP contribution >= 0.6 is 0 Å². The van der Waals surface area contributed by atoms with Gasteiger partial charge in [0.25, 0.3) is 9.84 Å². The van der Waals surface area contributed by atoms with Crippen LogP contribution in [0.5, 0.6) is 5.75 Å². The SMILES string of the molecule is CCS(=O)(=O)Oc1cccnc1-c1nc2cc(S(=O)(=O)C(F)(F)F)ccc2o1. The highest BCUT2D eigenvalue weighted by Gasteiger charge is 2.47. The molecule has 0 aliphatic heterocycles. The number of pyridine rings is 1. The Labute approximate surface area is 157 Å². The van der Waals surface area contributed by atoms with E-state index in [9.17, 15) is 30.0 Å². The van der Waals surface area contributed by atoms with Crippen molar-refractivity contribution in [2.45, 2.75) is 17.3 Å². The Hall–Kier alpha value is -2.67. The molecule has 0 radical (unpaired) electrons. The highest BCUT2D eigenvalue weighted by molar-refractivity contribution is 7.92. The normalized spacial score (nSPS) is 13.0. The summed E-state index contributed by atoms with van der Waals surface area (Å²) >= 11 is 0. The van der Waals surface area contributed by atoms with Crippen LogP contribution in [-0.2, 0) is 20.0 Å². The maximum Gasteiger partial charge on any atom is 0.501 e. The average molecular weight is 436 g/mol. The van der Waals surface area contributed by atoms with Crippen LogP contribution in [-0.4, -0.2) is 38.1 Å². The van der Waals surface area contributed by atoms with Crippen LogP contribution in [0, 0.1) is 0 Å². The van der Waals surface area contributed by atoms with Gasteiger partial charge in [-0.15, -0.1) is 0 Å². The van der Waals surface area contributed by atoms with Gasteiger partial charge in [0.15, 0.2) is 17.0 Å². The Balaban J connectivity index is 2.10. The molecule has 0 N–H and O–H groups in total. The Kier molecular flexibility index (Phi) is 4.83. The molecule has 13 heteroatoms. The summed E-state index contributed by atoms with van der Waals surface area (Å²) < 4.78 is 94.9. The lowest BCUT2D eigenvalue weighted by molar-refractivity contribution is -0.0435. The van der Waals surface area contributed by atoms with Gasteiger partial charge in [-0.25, -0.2) is 18.4 Å². The van der Waals surface area contributed by atoms with Crippen molar-refractivity contribution in [3.05, 3.63) is 36.5 Å². The molecule has 0 fully saturated rings. The summed E-state index contributed by atoms with van der Waals surface area (Å²) in [5.41, 5.74) is -5.79. The highest BCUT2D eigenvalue weighted by Crippen LogP contribution is 2.34. The second kappa shape index (κ2) is 6.74. The van der Waals surface area contributed by atoms with Crippen LogP contribution in [0.4, 0.5) is 13.2 Å². The minimum Gasteiger partial charge on any atom is -0.435 e. The average Bonchev–Trinajstić information content (AvgIpc) is 3.04. The first-order valence-corrected chi connectivity index (χ1v) is 10.6. The van der Waals surface area contributed by atoms with Gasteiger partial charge < -0.3 is 8.60 Å². The zero-order valence-corrected chi connectivity index (χ0v) is 15.6. The number of oxazole rings is 1. The number of halogens is 3. The predicted molar refractivity (Wildman–Crippen MR) is 90.6 cm³/mol. The Morgan fingerprint density at radius 3 is 2.50 bits per heavy atom. The summed E-state index contributed by atoms with van der Waals surface area (Å²) in [6.45, 7) is 1.37. The van der Waals surface area contributed by atoms with E-state index in [1.165, 1.54) is 25.3 Å². The predicted octanol–water partition coefficient (Wildman–Crippen LogP) is 2.91. The van der Waals surface area contributed by atoms with Crippen molar-refractivity contribution >= 4 is 31.1 Å². The summed E-state index contributed by atoms with van der Waals surface area (Å²) in [5, 5.41) is 0. The number of benzene rings is 1. The fourth-order valence-electron chi connectivity index (χ4n) is 2.12. The molecule has 0 amide bonds. The number of hydrogen-bond acceptors (Lipinski definition) is 8. The molecule has 0 saturated heterocycles. The van der Waals surface area contributed by atoms with E-state index >= 15 is 0 Å². The summed E-state index contributed by atoms with van der Waals surface area (Å²) in [4.78, 5) is 6.85. The van der Waals surface area contributed by atoms with Crippen LogP contribution in [0.2, 0.25) is 0 Å². The molecule has 0 spiro atoms. The molecule has 3 aromatic rings. The Bertz CT molecular complexity index is 1250. The van der Waals surface area contributed by atoms with E-state index in [2.05, 4.69) is 9.97 Å². The number of aromatic nitrogens is 2. The Morgan fingerprint density at radius 2 is 1.86 bits per heavy atom. The topological polar surface area (TPSA) is 116 Å². The molecule has 2 aromatic heterocycles. The molecular formula is C15H11F3N2O6S2. The third-order valence-corrected chi connectivity index (χ3v) is 6.14. The minimum absolute atomic E-state index is 0.0222. The molecule has 2 heterocycles. The fourth-order valence-corrected chi connectivity index (χ4v) is 3.43. The second-order valence-electron chi connectivity index (χ2n) is 5.38. The summed E-state index contributed by atoms with van der Waals surface area (Å²) in [6.07, 6.45) is 1.30. The maximum atomic E-state index is 12.7. The zero-order valence-electron chi connectivity index (χ0n) is 14.0. The third kappa shape index (κ3) is 3.67. The van der Waals surface area contributed by atoms with Gasteiger partial charge in [0, 0.05) is 6.20 Å². The molecule has 8 nitrogen and oxygen atoms in total. The molecule has 0 aliphatic carbocycles. The summed E-state index contributed by atoms with van der Waals surface area (Å²) in [5.74, 6) is -0.759. The van der Waals surface area contributed by atoms with Crippen molar-refractivity contribution < 1.29 is 38.6 Å². The van der Waals surface area contributed by atoms with E-state index in [-0.39, 0.29) is 34.2 Å². The highest BCUT2D eigenvalue weighted by atomic mass is 32.2. The number of fused-ring (bicyclic) bond motifs is 1. The quantitative estimate of drug-likeness (QED) is 0.561. The van der Waals surface area contributed by atoms with E-state index in [0.29, 0.717) is 6.07 Å². The van der Waals surface area contributed by atoms with Crippen LogP contribution < -0.4 is 4.18 Å². The Morgan fingerprint density at radius 1 is 1.14 bits per heavy atom. The molecule has 28 heavy (non-hydrogen) atoms. The standard InChI is InChI=1S/C15H11F3N2O6S2/c1-2-27(21,22)26-12-4-3-7-19-13(12)14-20-10-8-9(5-6-11(10)25-14)28(23,24)15(16,17)18/h3-8H,2H2,1H3. The number of sulfone groups is 1. The molecule has 0 bridgehead atoms. The first-order chi connectivity index (χ1) is 12.9.